The number of nitrogens with one attached hydrogen (secondary N) is 1. The minimum absolute atomic E-state index is 0.0157. The van der Waals surface area contributed by atoms with Crippen LogP contribution in [0.15, 0.2) is 18.2 Å². The van der Waals surface area contributed by atoms with E-state index >= 15 is 0 Å². The second kappa shape index (κ2) is 6.78. The Balaban J connectivity index is 2.95. The number of hydrogen-bond acceptors (Lipinski definition) is 2. The molecule has 0 bridgehead atoms. The predicted molar refractivity (Wildman–Crippen MR) is 77.8 cm³/mol. The van der Waals surface area contributed by atoms with Gasteiger partial charge >= 0.3 is 0 Å². The Bertz CT molecular complexity index is 490. The van der Waals surface area contributed by atoms with Gasteiger partial charge in [0.15, 0.2) is 0 Å². The van der Waals surface area contributed by atoms with Gasteiger partial charge in [-0.2, -0.15) is 0 Å². The predicted octanol–water partition coefficient (Wildman–Crippen LogP) is 2.87. The van der Waals surface area contributed by atoms with Crippen LogP contribution in [0.1, 0.15) is 20.8 Å². The molecule has 0 fully saturated rings. The molecule has 1 aromatic carbocycles. The first kappa shape index (κ1) is 15.8. The highest BCUT2D eigenvalue weighted by molar-refractivity contribution is 6.36. The number of carbonyl (C=O) groups excluding carboxylic acids is 2. The molecule has 1 N–H and O–H groups in total. The molecule has 1 aromatic rings. The van der Waals surface area contributed by atoms with Crippen molar-refractivity contribution in [1.29, 1.82) is 0 Å². The molecule has 0 unspecified atom stereocenters. The van der Waals surface area contributed by atoms with Crippen LogP contribution in [0.5, 0.6) is 0 Å². The number of benzene rings is 1. The van der Waals surface area contributed by atoms with Crippen LogP contribution in [-0.2, 0) is 9.59 Å². The molecule has 0 radical (unpaired) electrons. The van der Waals surface area contributed by atoms with Crippen molar-refractivity contribution in [3.05, 3.63) is 28.2 Å². The Hall–Kier alpha value is -1.26. The standard InChI is InChI=1S/C13H16Cl2N2O2/c1-8(2)16-13(19)7-17(9(3)18)12-5-4-10(14)6-11(12)15/h4-6,8H,7H2,1-3H3,(H,16,19). The smallest absolute Gasteiger partial charge is 0.240 e. The van der Waals surface area contributed by atoms with Crippen molar-refractivity contribution in [3.8, 4) is 0 Å². The molecule has 0 atom stereocenters. The molecule has 0 aliphatic rings. The van der Waals surface area contributed by atoms with Gasteiger partial charge in [-0.05, 0) is 32.0 Å². The number of nitrogens with zero attached hydrogens (tertiary/aromatic N) is 1. The average molecular weight is 303 g/mol. The number of carbonyl (C=O) groups is 2. The van der Waals surface area contributed by atoms with Crippen molar-refractivity contribution in [2.45, 2.75) is 26.8 Å². The van der Waals surface area contributed by atoms with Gasteiger partial charge in [0.25, 0.3) is 0 Å². The van der Waals surface area contributed by atoms with E-state index in [1.165, 1.54) is 17.9 Å². The van der Waals surface area contributed by atoms with Crippen molar-refractivity contribution in [2.75, 3.05) is 11.4 Å². The lowest BCUT2D eigenvalue weighted by atomic mass is 10.2. The SMILES string of the molecule is CC(=O)N(CC(=O)NC(C)C)c1ccc(Cl)cc1Cl. The van der Waals surface area contributed by atoms with Gasteiger partial charge in [0.1, 0.15) is 6.54 Å². The molecule has 104 valence electrons. The molecular formula is C13H16Cl2N2O2. The Morgan fingerprint density at radius 1 is 1.32 bits per heavy atom. The zero-order valence-corrected chi connectivity index (χ0v) is 12.5. The molecule has 19 heavy (non-hydrogen) atoms. The highest BCUT2D eigenvalue weighted by atomic mass is 35.5. The summed E-state index contributed by atoms with van der Waals surface area (Å²) in [4.78, 5) is 24.7. The minimum atomic E-state index is -0.261. The van der Waals surface area contributed by atoms with Gasteiger partial charge in [0, 0.05) is 18.0 Å². The van der Waals surface area contributed by atoms with Crippen LogP contribution in [0, 0.1) is 0 Å². The third-order valence-corrected chi connectivity index (χ3v) is 2.87. The van der Waals surface area contributed by atoms with E-state index in [2.05, 4.69) is 5.32 Å². The van der Waals surface area contributed by atoms with Crippen LogP contribution in [0.4, 0.5) is 5.69 Å². The summed E-state index contributed by atoms with van der Waals surface area (Å²) >= 11 is 11.9. The minimum Gasteiger partial charge on any atom is -0.352 e. The fourth-order valence-electron chi connectivity index (χ4n) is 1.58. The molecule has 6 heteroatoms. The molecule has 0 spiro atoms. The highest BCUT2D eigenvalue weighted by Gasteiger charge is 2.18. The van der Waals surface area contributed by atoms with E-state index in [0.717, 1.165) is 0 Å². The third kappa shape index (κ3) is 4.73. The Morgan fingerprint density at radius 2 is 1.95 bits per heavy atom. The van der Waals surface area contributed by atoms with Gasteiger partial charge < -0.3 is 10.2 Å². The lowest BCUT2D eigenvalue weighted by Gasteiger charge is -2.22. The van der Waals surface area contributed by atoms with Crippen molar-refractivity contribution >= 4 is 40.7 Å². The molecule has 4 nitrogen and oxygen atoms in total. The molecule has 0 saturated heterocycles. The molecule has 0 aromatic heterocycles. The third-order valence-electron chi connectivity index (χ3n) is 2.33. The van der Waals surface area contributed by atoms with E-state index < -0.39 is 0 Å². The van der Waals surface area contributed by atoms with E-state index in [1.54, 1.807) is 12.1 Å². The second-order valence-corrected chi connectivity index (χ2v) is 5.27. The first-order valence-corrected chi connectivity index (χ1v) is 6.59. The summed E-state index contributed by atoms with van der Waals surface area (Å²) in [6.45, 7) is 5.01. The maximum absolute atomic E-state index is 11.7. The molecule has 2 amide bonds. The maximum Gasteiger partial charge on any atom is 0.240 e. The summed E-state index contributed by atoms with van der Waals surface area (Å²) in [5.41, 5.74) is 0.470. The fraction of sp³-hybridized carbons (Fsp3) is 0.385. The quantitative estimate of drug-likeness (QED) is 0.930. The lowest BCUT2D eigenvalue weighted by molar-refractivity contribution is -0.123. The topological polar surface area (TPSA) is 49.4 Å². The Kier molecular flexibility index (Phi) is 5.63. The first-order valence-electron chi connectivity index (χ1n) is 5.83. The fourth-order valence-corrected chi connectivity index (χ4v) is 2.09. The Morgan fingerprint density at radius 3 is 2.42 bits per heavy atom. The van der Waals surface area contributed by atoms with E-state index in [0.29, 0.717) is 15.7 Å². The van der Waals surface area contributed by atoms with Crippen LogP contribution in [0.3, 0.4) is 0 Å². The summed E-state index contributed by atoms with van der Waals surface area (Å²) in [6, 6.07) is 4.80. The van der Waals surface area contributed by atoms with Crippen LogP contribution < -0.4 is 10.2 Å². The average Bonchev–Trinajstić information content (AvgIpc) is 2.25. The first-order chi connectivity index (χ1) is 8.81. The van der Waals surface area contributed by atoms with Crippen molar-refractivity contribution in [3.63, 3.8) is 0 Å². The van der Waals surface area contributed by atoms with E-state index in [-0.39, 0.29) is 24.4 Å². The van der Waals surface area contributed by atoms with E-state index in [4.69, 9.17) is 23.2 Å². The summed E-state index contributed by atoms with van der Waals surface area (Å²) in [7, 11) is 0. The second-order valence-electron chi connectivity index (χ2n) is 4.42. The molecule has 1 rings (SSSR count). The van der Waals surface area contributed by atoms with Crippen LogP contribution in [0.25, 0.3) is 0 Å². The van der Waals surface area contributed by atoms with Crippen molar-refractivity contribution in [1.82, 2.24) is 5.32 Å². The largest absolute Gasteiger partial charge is 0.352 e. The number of hydrogen-bond donors (Lipinski definition) is 1. The van der Waals surface area contributed by atoms with Gasteiger partial charge in [-0.15, -0.1) is 0 Å². The van der Waals surface area contributed by atoms with Gasteiger partial charge in [-0.3, -0.25) is 9.59 Å². The molecule has 0 aliphatic heterocycles. The summed E-state index contributed by atoms with van der Waals surface area (Å²) in [5.74, 6) is -0.501. The van der Waals surface area contributed by atoms with Crippen LogP contribution in [0.2, 0.25) is 10.0 Å². The molecule has 0 heterocycles. The van der Waals surface area contributed by atoms with Gasteiger partial charge in [0.2, 0.25) is 11.8 Å². The monoisotopic (exact) mass is 302 g/mol. The molecule has 0 aliphatic carbocycles. The molecule has 0 saturated carbocycles. The normalized spacial score (nSPS) is 10.4. The van der Waals surface area contributed by atoms with E-state index in [1.807, 2.05) is 13.8 Å². The number of anilines is 1. The zero-order chi connectivity index (χ0) is 14.6. The number of halogens is 2. The van der Waals surface area contributed by atoms with E-state index in [9.17, 15) is 9.59 Å². The van der Waals surface area contributed by atoms with Gasteiger partial charge in [-0.25, -0.2) is 0 Å². The Labute approximate surface area is 122 Å². The van der Waals surface area contributed by atoms with Gasteiger partial charge in [0.05, 0.1) is 10.7 Å². The van der Waals surface area contributed by atoms with Crippen LogP contribution >= 0.6 is 23.2 Å². The van der Waals surface area contributed by atoms with Crippen LogP contribution in [-0.4, -0.2) is 24.4 Å². The van der Waals surface area contributed by atoms with Crippen molar-refractivity contribution < 1.29 is 9.59 Å². The summed E-state index contributed by atoms with van der Waals surface area (Å²) < 4.78 is 0. The summed E-state index contributed by atoms with van der Waals surface area (Å²) in [5, 5.41) is 3.54. The maximum atomic E-state index is 11.7. The highest BCUT2D eigenvalue weighted by Crippen LogP contribution is 2.28. The van der Waals surface area contributed by atoms with Crippen molar-refractivity contribution in [2.24, 2.45) is 0 Å². The summed E-state index contributed by atoms with van der Waals surface area (Å²) in [6.07, 6.45) is 0. The number of amides is 2. The molecular weight excluding hydrogens is 287 g/mol. The lowest BCUT2D eigenvalue weighted by Crippen LogP contribution is -2.42. The number of rotatable bonds is 4. The zero-order valence-electron chi connectivity index (χ0n) is 11.0. The van der Waals surface area contributed by atoms with Gasteiger partial charge in [-0.1, -0.05) is 23.2 Å².